The van der Waals surface area contributed by atoms with Crippen LogP contribution in [0.25, 0.3) is 0 Å². The summed E-state index contributed by atoms with van der Waals surface area (Å²) in [6.07, 6.45) is 5.29. The molecule has 200 valence electrons. The van der Waals surface area contributed by atoms with Crippen molar-refractivity contribution in [3.05, 3.63) is 64.1 Å². The lowest BCUT2D eigenvalue weighted by Gasteiger charge is -2.33. The third kappa shape index (κ3) is 7.56. The first-order valence-electron chi connectivity index (χ1n) is 12.0. The Labute approximate surface area is 222 Å². The number of amides is 2. The highest BCUT2D eigenvalue weighted by atomic mass is 35.5. The molecule has 0 saturated carbocycles. The number of carbonyl (C=O) groups excluding carboxylic acids is 1. The topological polar surface area (TPSA) is 90.8 Å². The van der Waals surface area contributed by atoms with Crippen molar-refractivity contribution in [2.24, 2.45) is 9.98 Å². The lowest BCUT2D eigenvalue weighted by Crippen LogP contribution is -2.43. The molecule has 0 atom stereocenters. The maximum atomic E-state index is 13.6. The predicted octanol–water partition coefficient (Wildman–Crippen LogP) is 4.05. The second-order valence-corrected chi connectivity index (χ2v) is 9.20. The maximum absolute atomic E-state index is 13.6. The molecule has 0 bridgehead atoms. The molecule has 1 aromatic carbocycles. The molecule has 0 unspecified atom stereocenters. The van der Waals surface area contributed by atoms with E-state index in [9.17, 15) is 9.18 Å². The fourth-order valence-electron chi connectivity index (χ4n) is 3.99. The number of carbonyl (C=O) groups is 1. The van der Waals surface area contributed by atoms with E-state index in [0.717, 1.165) is 32.5 Å². The lowest BCUT2D eigenvalue weighted by molar-refractivity contribution is 0.0443. The summed E-state index contributed by atoms with van der Waals surface area (Å²) in [5.41, 5.74) is 1.84. The number of halogens is 2. The fraction of sp³-hybridized carbons (Fsp3) is 0.423. The zero-order chi connectivity index (χ0) is 26.9. The van der Waals surface area contributed by atoms with Gasteiger partial charge in [-0.05, 0) is 43.8 Å². The highest BCUT2D eigenvalue weighted by Gasteiger charge is 2.26. The number of benzene rings is 1. The quantitative estimate of drug-likeness (QED) is 0.468. The first-order valence-corrected chi connectivity index (χ1v) is 12.4. The third-order valence-electron chi connectivity index (χ3n) is 6.06. The molecule has 11 heteroatoms. The minimum absolute atomic E-state index is 0.000935. The standard InChI is InChI=1S/C26H34ClFN6O3/c1-29-22-16-23(36-5)24(15-19(22)25(30-2)32-17-6-7-21(28)20(27)14-17)37-18-8-11-34(12-9-18)13-10-31-26(35)33(3)4/h6-7,14-16,18,32H,2,8-13H2,1,3-5H3,(H,31,35)/b25-19+,29-22-. The van der Waals surface area contributed by atoms with Crippen LogP contribution in [0, 0.1) is 5.82 Å². The molecule has 1 aliphatic heterocycles. The number of ether oxygens (including phenoxy) is 2. The van der Waals surface area contributed by atoms with E-state index in [1.807, 2.05) is 6.08 Å². The molecule has 0 radical (unpaired) electrons. The van der Waals surface area contributed by atoms with Crippen molar-refractivity contribution in [3.8, 4) is 0 Å². The van der Waals surface area contributed by atoms with Crippen LogP contribution in [-0.2, 0) is 9.47 Å². The van der Waals surface area contributed by atoms with Gasteiger partial charge in [-0.2, -0.15) is 0 Å². The van der Waals surface area contributed by atoms with Gasteiger partial charge in [-0.25, -0.2) is 14.2 Å². The number of likely N-dealkylation sites (tertiary alicyclic amines) is 1. The number of piperidine rings is 1. The number of nitrogens with zero attached hydrogens (tertiary/aromatic N) is 4. The smallest absolute Gasteiger partial charge is 0.316 e. The summed E-state index contributed by atoms with van der Waals surface area (Å²) in [5, 5.41) is 6.03. The Bertz CT molecular complexity index is 1120. The predicted molar refractivity (Wildman–Crippen MR) is 146 cm³/mol. The number of rotatable bonds is 9. The van der Waals surface area contributed by atoms with Crippen LogP contribution in [0.3, 0.4) is 0 Å². The van der Waals surface area contributed by atoms with Crippen molar-refractivity contribution >= 4 is 35.7 Å². The Morgan fingerprint density at radius 2 is 2.00 bits per heavy atom. The Morgan fingerprint density at radius 1 is 1.27 bits per heavy atom. The van der Waals surface area contributed by atoms with Gasteiger partial charge in [0.05, 0.1) is 17.8 Å². The van der Waals surface area contributed by atoms with Gasteiger partial charge in [-0.15, -0.1) is 0 Å². The molecule has 9 nitrogen and oxygen atoms in total. The normalized spacial score (nSPS) is 19.0. The molecular formula is C26H34ClFN6O3. The Kier molecular flexibility index (Phi) is 10.1. The SMILES string of the molecule is C=N/C(Nc1ccc(F)c(Cl)c1)=C1/C=C(OC2CCN(CCNC(=O)N(C)C)CC2)C(OC)=C/C1=N/C. The number of anilines is 1. The van der Waals surface area contributed by atoms with Gasteiger partial charge in [0.15, 0.2) is 11.5 Å². The Morgan fingerprint density at radius 3 is 2.59 bits per heavy atom. The van der Waals surface area contributed by atoms with Gasteiger partial charge in [-0.3, -0.25) is 4.99 Å². The number of nitrogens with one attached hydrogen (secondary N) is 2. The van der Waals surface area contributed by atoms with E-state index in [-0.39, 0.29) is 17.2 Å². The number of aliphatic imine (C=N–C) groups is 2. The van der Waals surface area contributed by atoms with E-state index in [4.69, 9.17) is 21.1 Å². The molecular weight excluding hydrogens is 499 g/mol. The Hall–Kier alpha value is -3.37. The summed E-state index contributed by atoms with van der Waals surface area (Å²) in [7, 11) is 6.70. The van der Waals surface area contributed by atoms with Crippen molar-refractivity contribution < 1.29 is 18.7 Å². The minimum atomic E-state index is -0.505. The van der Waals surface area contributed by atoms with Crippen molar-refractivity contribution in [2.45, 2.75) is 18.9 Å². The molecule has 0 aromatic heterocycles. The van der Waals surface area contributed by atoms with Crippen LogP contribution < -0.4 is 10.6 Å². The number of hydrogen-bond acceptors (Lipinski definition) is 7. The van der Waals surface area contributed by atoms with Gasteiger partial charge in [0.2, 0.25) is 0 Å². The van der Waals surface area contributed by atoms with Crippen molar-refractivity contribution in [2.75, 3.05) is 59.7 Å². The Balaban J connectivity index is 1.71. The molecule has 0 spiro atoms. The molecule has 2 aliphatic rings. The lowest BCUT2D eigenvalue weighted by atomic mass is 10.0. The summed E-state index contributed by atoms with van der Waals surface area (Å²) in [6.45, 7) is 6.79. The van der Waals surface area contributed by atoms with Crippen LogP contribution in [-0.4, -0.2) is 88.8 Å². The van der Waals surface area contributed by atoms with Crippen LogP contribution in [0.15, 0.2) is 63.2 Å². The molecule has 3 rings (SSSR count). The molecule has 2 amide bonds. The average molecular weight is 533 g/mol. The zero-order valence-electron chi connectivity index (χ0n) is 21.7. The second kappa shape index (κ2) is 13.3. The molecule has 1 aliphatic carbocycles. The summed E-state index contributed by atoms with van der Waals surface area (Å²) in [4.78, 5) is 24.0. The van der Waals surface area contributed by atoms with Crippen molar-refractivity contribution in [1.82, 2.24) is 15.1 Å². The van der Waals surface area contributed by atoms with Gasteiger partial charge in [0.25, 0.3) is 0 Å². The highest BCUT2D eigenvalue weighted by molar-refractivity contribution is 6.31. The van der Waals surface area contributed by atoms with Crippen LogP contribution in [0.1, 0.15) is 12.8 Å². The summed E-state index contributed by atoms with van der Waals surface area (Å²) in [6, 6.07) is 4.23. The van der Waals surface area contributed by atoms with Gasteiger partial charge in [-0.1, -0.05) is 11.6 Å². The van der Waals surface area contributed by atoms with E-state index < -0.39 is 5.82 Å². The molecule has 1 aromatic rings. The molecule has 2 N–H and O–H groups in total. The molecule has 1 fully saturated rings. The van der Waals surface area contributed by atoms with E-state index >= 15 is 0 Å². The first kappa shape index (κ1) is 28.2. The summed E-state index contributed by atoms with van der Waals surface area (Å²) >= 11 is 5.93. The average Bonchev–Trinajstić information content (AvgIpc) is 2.90. The van der Waals surface area contributed by atoms with Crippen LogP contribution in [0.5, 0.6) is 0 Å². The van der Waals surface area contributed by atoms with E-state index in [1.54, 1.807) is 40.4 Å². The molecule has 1 saturated heterocycles. The van der Waals surface area contributed by atoms with Gasteiger partial charge >= 0.3 is 6.03 Å². The van der Waals surface area contributed by atoms with Crippen LogP contribution in [0.2, 0.25) is 5.02 Å². The number of hydrogen-bond donors (Lipinski definition) is 2. The third-order valence-corrected chi connectivity index (χ3v) is 6.35. The monoisotopic (exact) mass is 532 g/mol. The van der Waals surface area contributed by atoms with E-state index in [1.165, 1.54) is 17.0 Å². The maximum Gasteiger partial charge on any atom is 0.316 e. The van der Waals surface area contributed by atoms with Crippen LogP contribution in [0.4, 0.5) is 14.9 Å². The summed E-state index contributed by atoms with van der Waals surface area (Å²) < 4.78 is 25.6. The van der Waals surface area contributed by atoms with Gasteiger partial charge in [0, 0.05) is 64.7 Å². The van der Waals surface area contributed by atoms with Crippen molar-refractivity contribution in [1.29, 1.82) is 0 Å². The molecule has 1 heterocycles. The number of methoxy groups -OCH3 is 1. The minimum Gasteiger partial charge on any atom is -0.493 e. The fourth-order valence-corrected chi connectivity index (χ4v) is 4.17. The second-order valence-electron chi connectivity index (χ2n) is 8.79. The number of urea groups is 1. The first-order chi connectivity index (χ1) is 17.7. The van der Waals surface area contributed by atoms with Crippen molar-refractivity contribution in [3.63, 3.8) is 0 Å². The van der Waals surface area contributed by atoms with Crippen LogP contribution >= 0.6 is 11.6 Å². The zero-order valence-corrected chi connectivity index (χ0v) is 22.4. The van der Waals surface area contributed by atoms with E-state index in [0.29, 0.717) is 40.9 Å². The summed E-state index contributed by atoms with van der Waals surface area (Å²) in [5.74, 6) is 1.05. The largest absolute Gasteiger partial charge is 0.493 e. The van der Waals surface area contributed by atoms with Gasteiger partial charge in [0.1, 0.15) is 17.7 Å². The highest BCUT2D eigenvalue weighted by Crippen LogP contribution is 2.29. The van der Waals surface area contributed by atoms with Gasteiger partial charge < -0.3 is 29.9 Å². The number of allylic oxidation sites excluding steroid dienone is 3. The molecule has 37 heavy (non-hydrogen) atoms. The van der Waals surface area contributed by atoms with E-state index in [2.05, 4.69) is 32.2 Å².